The number of benzene rings is 1. The van der Waals surface area contributed by atoms with E-state index >= 15 is 0 Å². The zero-order valence-corrected chi connectivity index (χ0v) is 16.9. The number of aromatic hydroxyl groups is 1. The Hall–Kier alpha value is -2.64. The molecule has 1 aromatic rings. The van der Waals surface area contributed by atoms with Gasteiger partial charge in [0.05, 0.1) is 13.7 Å². The Morgan fingerprint density at radius 1 is 1.19 bits per heavy atom. The van der Waals surface area contributed by atoms with Crippen molar-refractivity contribution < 1.29 is 19.4 Å². The van der Waals surface area contributed by atoms with E-state index in [4.69, 9.17) is 9.47 Å². The second-order valence-electron chi connectivity index (χ2n) is 6.87. The third kappa shape index (κ3) is 9.03. The van der Waals surface area contributed by atoms with E-state index in [1.807, 2.05) is 33.8 Å². The summed E-state index contributed by atoms with van der Waals surface area (Å²) in [5.74, 6) is 1.16. The molecule has 0 radical (unpaired) electrons. The first kappa shape index (κ1) is 22.4. The maximum Gasteiger partial charge on any atom is 0.407 e. The van der Waals surface area contributed by atoms with Crippen molar-refractivity contribution in [2.24, 2.45) is 4.99 Å². The van der Waals surface area contributed by atoms with Crippen LogP contribution >= 0.6 is 0 Å². The molecule has 0 fully saturated rings. The molecule has 0 bridgehead atoms. The van der Waals surface area contributed by atoms with E-state index in [1.165, 1.54) is 7.11 Å². The molecule has 1 amide bonds. The molecule has 0 heterocycles. The summed E-state index contributed by atoms with van der Waals surface area (Å²) in [6.07, 6.45) is 0.296. The molecule has 0 aliphatic carbocycles. The lowest BCUT2D eigenvalue weighted by Gasteiger charge is -2.19. The molecule has 0 unspecified atom stereocenters. The van der Waals surface area contributed by atoms with Crippen molar-refractivity contribution >= 4 is 12.1 Å². The van der Waals surface area contributed by atoms with Gasteiger partial charge < -0.3 is 30.5 Å². The minimum absolute atomic E-state index is 0.0983. The number of methoxy groups -OCH3 is 1. The Labute approximate surface area is 161 Å². The summed E-state index contributed by atoms with van der Waals surface area (Å²) in [5.41, 5.74) is 0.178. The Morgan fingerprint density at radius 3 is 2.52 bits per heavy atom. The topological polar surface area (TPSA) is 104 Å². The standard InChI is InChI=1S/C19H32N4O4/c1-6-20-17(21-11-8-12-22-18(25)27-19(2,3)4)23-13-14-9-7-10-15(26-5)16(14)24/h7,9-10,24H,6,8,11-13H2,1-5H3,(H,22,25)(H2,20,21,23). The SMILES string of the molecule is CCNC(=NCc1cccc(OC)c1O)NCCCNC(=O)OC(C)(C)C. The number of hydrogen-bond acceptors (Lipinski definition) is 5. The fourth-order valence-electron chi connectivity index (χ4n) is 2.17. The van der Waals surface area contributed by atoms with Crippen LogP contribution in [0.1, 0.15) is 39.7 Å². The normalized spacial score (nSPS) is 11.7. The Balaban J connectivity index is 2.45. The van der Waals surface area contributed by atoms with Gasteiger partial charge in [0.1, 0.15) is 5.60 Å². The maximum absolute atomic E-state index is 11.6. The molecule has 0 saturated carbocycles. The number of phenols is 1. The fraction of sp³-hybridized carbons (Fsp3) is 0.579. The number of para-hydroxylation sites is 1. The molecule has 0 aliphatic heterocycles. The van der Waals surface area contributed by atoms with Gasteiger partial charge in [0, 0.05) is 25.2 Å². The highest BCUT2D eigenvalue weighted by Crippen LogP contribution is 2.29. The van der Waals surface area contributed by atoms with Gasteiger partial charge in [-0.25, -0.2) is 9.79 Å². The predicted molar refractivity (Wildman–Crippen MR) is 106 cm³/mol. The summed E-state index contributed by atoms with van der Waals surface area (Å²) >= 11 is 0. The molecule has 27 heavy (non-hydrogen) atoms. The monoisotopic (exact) mass is 380 g/mol. The molecule has 0 atom stereocenters. The van der Waals surface area contributed by atoms with Crippen LogP contribution in [0.25, 0.3) is 0 Å². The van der Waals surface area contributed by atoms with Crippen LogP contribution in [0.15, 0.2) is 23.2 Å². The van der Waals surface area contributed by atoms with Crippen LogP contribution in [0.4, 0.5) is 4.79 Å². The van der Waals surface area contributed by atoms with Crippen molar-refractivity contribution in [2.75, 3.05) is 26.7 Å². The van der Waals surface area contributed by atoms with Crippen LogP contribution in [0.5, 0.6) is 11.5 Å². The number of ether oxygens (including phenoxy) is 2. The molecular weight excluding hydrogens is 348 g/mol. The van der Waals surface area contributed by atoms with Crippen molar-refractivity contribution in [3.63, 3.8) is 0 Å². The number of aliphatic imine (C=N–C) groups is 1. The first-order chi connectivity index (χ1) is 12.8. The van der Waals surface area contributed by atoms with Crippen molar-refractivity contribution in [2.45, 2.75) is 46.3 Å². The largest absolute Gasteiger partial charge is 0.504 e. The zero-order valence-electron chi connectivity index (χ0n) is 16.9. The number of carbonyl (C=O) groups excluding carboxylic acids is 1. The quantitative estimate of drug-likeness (QED) is 0.314. The molecule has 4 N–H and O–H groups in total. The van der Waals surface area contributed by atoms with E-state index in [-0.39, 0.29) is 5.75 Å². The number of phenolic OH excluding ortho intramolecular Hbond substituents is 1. The lowest BCUT2D eigenvalue weighted by molar-refractivity contribution is 0.0527. The molecule has 1 rings (SSSR count). The number of nitrogens with zero attached hydrogens (tertiary/aromatic N) is 1. The number of amides is 1. The maximum atomic E-state index is 11.6. The minimum Gasteiger partial charge on any atom is -0.504 e. The first-order valence-corrected chi connectivity index (χ1v) is 9.10. The number of alkyl carbamates (subject to hydrolysis) is 1. The molecule has 0 aliphatic rings. The van der Waals surface area contributed by atoms with Gasteiger partial charge in [-0.2, -0.15) is 0 Å². The lowest BCUT2D eigenvalue weighted by Crippen LogP contribution is -2.39. The number of carbonyl (C=O) groups is 1. The summed E-state index contributed by atoms with van der Waals surface area (Å²) in [6.45, 7) is 9.61. The average Bonchev–Trinajstić information content (AvgIpc) is 2.58. The average molecular weight is 380 g/mol. The van der Waals surface area contributed by atoms with Gasteiger partial charge in [0.25, 0.3) is 0 Å². The first-order valence-electron chi connectivity index (χ1n) is 9.10. The second-order valence-corrected chi connectivity index (χ2v) is 6.87. The summed E-state index contributed by atoms with van der Waals surface area (Å²) < 4.78 is 10.3. The van der Waals surface area contributed by atoms with Gasteiger partial charge in [-0.05, 0) is 40.2 Å². The summed E-state index contributed by atoms with van der Waals surface area (Å²) in [6, 6.07) is 5.31. The summed E-state index contributed by atoms with van der Waals surface area (Å²) in [4.78, 5) is 16.0. The highest BCUT2D eigenvalue weighted by atomic mass is 16.6. The Bertz CT molecular complexity index is 627. The predicted octanol–water partition coefficient (Wildman–Crippen LogP) is 2.37. The fourth-order valence-corrected chi connectivity index (χ4v) is 2.17. The van der Waals surface area contributed by atoms with Gasteiger partial charge in [0.15, 0.2) is 17.5 Å². The molecule has 0 saturated heterocycles. The third-order valence-electron chi connectivity index (χ3n) is 3.37. The molecule has 8 nitrogen and oxygen atoms in total. The van der Waals surface area contributed by atoms with Crippen molar-refractivity contribution in [1.29, 1.82) is 0 Å². The van der Waals surface area contributed by atoms with E-state index in [0.29, 0.717) is 49.9 Å². The van der Waals surface area contributed by atoms with Crippen LogP contribution in [0.3, 0.4) is 0 Å². The Kier molecular flexibility index (Phi) is 9.25. The zero-order chi connectivity index (χ0) is 20.3. The van der Waals surface area contributed by atoms with E-state index < -0.39 is 11.7 Å². The van der Waals surface area contributed by atoms with E-state index in [2.05, 4.69) is 20.9 Å². The number of hydrogen-bond donors (Lipinski definition) is 4. The van der Waals surface area contributed by atoms with Gasteiger partial charge in [-0.3, -0.25) is 0 Å². The highest BCUT2D eigenvalue weighted by Gasteiger charge is 2.15. The summed E-state index contributed by atoms with van der Waals surface area (Å²) in [5, 5.41) is 19.2. The lowest BCUT2D eigenvalue weighted by atomic mass is 10.2. The van der Waals surface area contributed by atoms with Crippen molar-refractivity contribution in [1.82, 2.24) is 16.0 Å². The number of nitrogens with one attached hydrogen (secondary N) is 3. The van der Waals surface area contributed by atoms with E-state index in [0.717, 1.165) is 0 Å². The molecule has 0 spiro atoms. The molecule has 1 aromatic carbocycles. The van der Waals surface area contributed by atoms with Crippen LogP contribution < -0.4 is 20.7 Å². The van der Waals surface area contributed by atoms with Gasteiger partial charge >= 0.3 is 6.09 Å². The third-order valence-corrected chi connectivity index (χ3v) is 3.37. The molecule has 152 valence electrons. The van der Waals surface area contributed by atoms with Crippen LogP contribution in [-0.4, -0.2) is 49.5 Å². The summed E-state index contributed by atoms with van der Waals surface area (Å²) in [7, 11) is 1.51. The molecule has 8 heteroatoms. The smallest absolute Gasteiger partial charge is 0.407 e. The van der Waals surface area contributed by atoms with Crippen LogP contribution in [0, 0.1) is 0 Å². The van der Waals surface area contributed by atoms with Crippen LogP contribution in [0.2, 0.25) is 0 Å². The van der Waals surface area contributed by atoms with Gasteiger partial charge in [-0.15, -0.1) is 0 Å². The number of guanidine groups is 1. The number of rotatable bonds is 8. The Morgan fingerprint density at radius 2 is 1.89 bits per heavy atom. The molecule has 0 aromatic heterocycles. The van der Waals surface area contributed by atoms with Gasteiger partial charge in [0.2, 0.25) is 0 Å². The van der Waals surface area contributed by atoms with Crippen molar-refractivity contribution in [3.8, 4) is 11.5 Å². The van der Waals surface area contributed by atoms with E-state index in [1.54, 1.807) is 12.1 Å². The van der Waals surface area contributed by atoms with Crippen molar-refractivity contribution in [3.05, 3.63) is 23.8 Å². The van der Waals surface area contributed by atoms with Crippen LogP contribution in [-0.2, 0) is 11.3 Å². The van der Waals surface area contributed by atoms with Gasteiger partial charge in [-0.1, -0.05) is 12.1 Å². The van der Waals surface area contributed by atoms with E-state index in [9.17, 15) is 9.90 Å². The molecular formula is C19H32N4O4. The second kappa shape index (κ2) is 11.2. The minimum atomic E-state index is -0.501. The highest BCUT2D eigenvalue weighted by molar-refractivity contribution is 5.79.